The maximum absolute atomic E-state index is 14.3. The highest BCUT2D eigenvalue weighted by atomic mass is 32.1. The van der Waals surface area contributed by atoms with E-state index >= 15 is 0 Å². The van der Waals surface area contributed by atoms with Crippen molar-refractivity contribution in [2.75, 3.05) is 13.1 Å². The van der Waals surface area contributed by atoms with E-state index in [4.69, 9.17) is 15.0 Å². The summed E-state index contributed by atoms with van der Waals surface area (Å²) in [7, 11) is 0. The predicted octanol–water partition coefficient (Wildman–Crippen LogP) is 5.74. The van der Waals surface area contributed by atoms with Crippen molar-refractivity contribution < 1.29 is 23.4 Å². The largest absolute Gasteiger partial charge is 0.478 e. The Morgan fingerprint density at radius 2 is 1.93 bits per heavy atom. The van der Waals surface area contributed by atoms with Gasteiger partial charge in [-0.2, -0.15) is 9.65 Å². The van der Waals surface area contributed by atoms with E-state index in [9.17, 15) is 18.7 Å². The molecule has 0 radical (unpaired) electrons. The number of hydrogen-bond acceptors (Lipinski definition) is 8. The number of carbonyl (C=O) groups is 1. The molecule has 1 aliphatic rings. The topological polar surface area (TPSA) is 117 Å². The van der Waals surface area contributed by atoms with Crippen molar-refractivity contribution >= 4 is 28.3 Å². The molecule has 43 heavy (non-hydrogen) atoms. The number of thiazole rings is 1. The minimum atomic E-state index is -1.04. The van der Waals surface area contributed by atoms with Gasteiger partial charge in [0.05, 0.1) is 51.7 Å². The van der Waals surface area contributed by atoms with E-state index in [2.05, 4.69) is 14.9 Å². The molecule has 0 spiro atoms. The maximum atomic E-state index is 14.3. The first-order chi connectivity index (χ1) is 20.9. The van der Waals surface area contributed by atoms with Gasteiger partial charge >= 0.3 is 5.97 Å². The van der Waals surface area contributed by atoms with Crippen LogP contribution in [-0.2, 0) is 19.7 Å². The summed E-state index contributed by atoms with van der Waals surface area (Å²) < 4.78 is 36.2. The Hall–Kier alpha value is -4.73. The molecule has 0 aliphatic carbocycles. The number of halogens is 2. The van der Waals surface area contributed by atoms with Crippen LogP contribution in [0.4, 0.5) is 8.78 Å². The fourth-order valence-electron chi connectivity index (χ4n) is 5.32. The fraction of sp³-hybridized carbons (Fsp3) is 0.258. The summed E-state index contributed by atoms with van der Waals surface area (Å²) in [6.07, 6.45) is 1.71. The quantitative estimate of drug-likeness (QED) is 0.228. The second kappa shape index (κ2) is 12.2. The van der Waals surface area contributed by atoms with E-state index in [0.29, 0.717) is 33.9 Å². The smallest absolute Gasteiger partial charge is 0.335 e. The van der Waals surface area contributed by atoms with Crippen molar-refractivity contribution in [2.24, 2.45) is 0 Å². The molecule has 0 amide bonds. The molecule has 12 heteroatoms. The van der Waals surface area contributed by atoms with Gasteiger partial charge in [-0.05, 0) is 62.3 Å². The van der Waals surface area contributed by atoms with E-state index < -0.39 is 17.7 Å². The summed E-state index contributed by atoms with van der Waals surface area (Å²) in [6, 6.07) is 16.6. The number of likely N-dealkylation sites (tertiary alicyclic amines) is 1. The fourth-order valence-corrected chi connectivity index (χ4v) is 5.94. The number of rotatable bonds is 9. The summed E-state index contributed by atoms with van der Waals surface area (Å²) in [6.45, 7) is 2.31. The summed E-state index contributed by atoms with van der Waals surface area (Å²) >= 11 is 1.21. The zero-order valence-electron chi connectivity index (χ0n) is 22.9. The Balaban J connectivity index is 1.13. The number of aromatic carboxylic acids is 1. The third-order valence-electron chi connectivity index (χ3n) is 7.64. The zero-order valence-corrected chi connectivity index (χ0v) is 23.7. The minimum Gasteiger partial charge on any atom is -0.478 e. The van der Waals surface area contributed by atoms with Gasteiger partial charge in [0.15, 0.2) is 0 Å². The van der Waals surface area contributed by atoms with Crippen LogP contribution in [0.2, 0.25) is 0 Å². The third kappa shape index (κ3) is 6.23. The number of fused-ring (bicyclic) bond motifs is 1. The summed E-state index contributed by atoms with van der Waals surface area (Å²) in [4.78, 5) is 27.5. The van der Waals surface area contributed by atoms with Gasteiger partial charge in [0.25, 0.3) is 0 Å². The summed E-state index contributed by atoms with van der Waals surface area (Å²) in [5, 5.41) is 18.4. The molecule has 9 nitrogen and oxygen atoms in total. The van der Waals surface area contributed by atoms with Gasteiger partial charge in [-0.1, -0.05) is 12.1 Å². The molecule has 6 rings (SSSR count). The average Bonchev–Trinajstić information content (AvgIpc) is 3.58. The van der Waals surface area contributed by atoms with Gasteiger partial charge in [-0.3, -0.25) is 4.90 Å². The molecule has 3 aromatic heterocycles. The molecule has 0 saturated carbocycles. The molecule has 1 saturated heterocycles. The number of carboxylic acids is 1. The molecule has 0 atom stereocenters. The Morgan fingerprint density at radius 3 is 2.65 bits per heavy atom. The first-order valence-corrected chi connectivity index (χ1v) is 14.6. The number of piperidine rings is 1. The maximum Gasteiger partial charge on any atom is 0.335 e. The lowest BCUT2D eigenvalue weighted by Crippen LogP contribution is -2.33. The molecule has 1 fully saturated rings. The van der Waals surface area contributed by atoms with Crippen LogP contribution >= 0.6 is 11.3 Å². The minimum absolute atomic E-state index is 0.00678. The van der Waals surface area contributed by atoms with Crippen LogP contribution in [-0.4, -0.2) is 48.6 Å². The highest BCUT2D eigenvalue weighted by Gasteiger charge is 2.24. The van der Waals surface area contributed by atoms with Crippen LogP contribution in [0.1, 0.15) is 56.6 Å². The van der Waals surface area contributed by atoms with Crippen LogP contribution in [0.15, 0.2) is 60.1 Å². The van der Waals surface area contributed by atoms with Gasteiger partial charge in [0.2, 0.25) is 11.8 Å². The van der Waals surface area contributed by atoms with Crippen LogP contribution in [0.5, 0.6) is 5.88 Å². The Bertz CT molecular complexity index is 1840. The number of pyridine rings is 1. The number of ether oxygens (including phenoxy) is 1. The van der Waals surface area contributed by atoms with Gasteiger partial charge < -0.3 is 14.4 Å². The van der Waals surface area contributed by atoms with E-state index in [1.54, 1.807) is 30.3 Å². The molecule has 0 unspecified atom stereocenters. The lowest BCUT2D eigenvalue weighted by molar-refractivity contribution is 0.0697. The number of hydrogen-bond donors (Lipinski definition) is 1. The zero-order chi connectivity index (χ0) is 29.9. The summed E-state index contributed by atoms with van der Waals surface area (Å²) in [5.41, 5.74) is 4.41. The standard InChI is InChI=1S/C31H26F2N6O3S/c32-23-12-19(14-34)4-5-22(23)17-42-29-3-1-2-24(37-29)20-8-10-38(11-9-20)16-28-36-25-7-6-21(31(40)41)13-26(25)39(28)15-27-30(33)35-18-43-27/h1-7,12-13,18,20H,8-11,15-17H2,(H,40,41). The van der Waals surface area contributed by atoms with Crippen LogP contribution in [0.25, 0.3) is 11.0 Å². The number of carboxylic acid groups (broad SMARTS) is 1. The van der Waals surface area contributed by atoms with Crippen LogP contribution in [0.3, 0.4) is 0 Å². The lowest BCUT2D eigenvalue weighted by atomic mass is 9.93. The van der Waals surface area contributed by atoms with Crippen molar-refractivity contribution in [2.45, 2.75) is 38.5 Å². The Labute approximate surface area is 249 Å². The number of nitrogens with zero attached hydrogens (tertiary/aromatic N) is 6. The van der Waals surface area contributed by atoms with Crippen molar-refractivity contribution in [3.8, 4) is 11.9 Å². The second-order valence-corrected chi connectivity index (χ2v) is 11.3. The van der Waals surface area contributed by atoms with Crippen LogP contribution in [0, 0.1) is 23.1 Å². The lowest BCUT2D eigenvalue weighted by Gasteiger charge is -2.31. The molecule has 4 heterocycles. The van der Waals surface area contributed by atoms with E-state index in [1.165, 1.54) is 29.0 Å². The van der Waals surface area contributed by atoms with Gasteiger partial charge in [0.1, 0.15) is 18.2 Å². The predicted molar refractivity (Wildman–Crippen MR) is 155 cm³/mol. The molecule has 2 aromatic carbocycles. The number of benzene rings is 2. The molecule has 5 aromatic rings. The molecular weight excluding hydrogens is 574 g/mol. The molecule has 218 valence electrons. The summed E-state index contributed by atoms with van der Waals surface area (Å²) in [5.74, 6) is -0.702. The molecule has 0 bridgehead atoms. The average molecular weight is 601 g/mol. The molecule has 1 aliphatic heterocycles. The molecular formula is C31H26F2N6O3S. The second-order valence-electron chi connectivity index (χ2n) is 10.3. The van der Waals surface area contributed by atoms with Crippen molar-refractivity contribution in [3.63, 3.8) is 0 Å². The van der Waals surface area contributed by atoms with Crippen molar-refractivity contribution in [1.29, 1.82) is 5.26 Å². The first kappa shape index (κ1) is 28.4. The van der Waals surface area contributed by atoms with Crippen LogP contribution < -0.4 is 4.74 Å². The Kier molecular flexibility index (Phi) is 8.09. The third-order valence-corrected chi connectivity index (χ3v) is 8.43. The molecule has 1 N–H and O–H groups in total. The number of nitriles is 1. The first-order valence-electron chi connectivity index (χ1n) is 13.7. The van der Waals surface area contributed by atoms with E-state index in [1.807, 2.05) is 22.8 Å². The number of aromatic nitrogens is 4. The van der Waals surface area contributed by atoms with E-state index in [-0.39, 0.29) is 30.2 Å². The monoisotopic (exact) mass is 600 g/mol. The Morgan fingerprint density at radius 1 is 1.09 bits per heavy atom. The van der Waals surface area contributed by atoms with E-state index in [0.717, 1.165) is 37.4 Å². The van der Waals surface area contributed by atoms with Gasteiger partial charge in [-0.25, -0.2) is 24.1 Å². The highest BCUT2D eigenvalue weighted by molar-refractivity contribution is 7.09. The van der Waals surface area contributed by atoms with Gasteiger partial charge in [0, 0.05) is 23.2 Å². The van der Waals surface area contributed by atoms with Gasteiger partial charge in [-0.15, -0.1) is 11.3 Å². The number of imidazole rings is 1. The van der Waals surface area contributed by atoms with Crippen molar-refractivity contribution in [1.82, 2.24) is 24.4 Å². The normalized spacial score (nSPS) is 14.2. The van der Waals surface area contributed by atoms with Crippen molar-refractivity contribution in [3.05, 3.63) is 105 Å². The highest BCUT2D eigenvalue weighted by Crippen LogP contribution is 2.30. The SMILES string of the molecule is N#Cc1ccc(COc2cccc(C3CCN(Cc4nc5ccc(C(=O)O)cc5n4Cc4scnc4F)CC3)n2)c(F)c1.